The van der Waals surface area contributed by atoms with E-state index in [4.69, 9.17) is 14.2 Å². The molecule has 3 aromatic carbocycles. The summed E-state index contributed by atoms with van der Waals surface area (Å²) in [5.74, 6) is 1.43. The van der Waals surface area contributed by atoms with E-state index in [1.54, 1.807) is 6.07 Å². The maximum Gasteiger partial charge on any atom is 0.513 e. The van der Waals surface area contributed by atoms with Crippen molar-refractivity contribution in [2.24, 2.45) is 5.92 Å². The molecule has 0 radical (unpaired) electrons. The molecule has 1 saturated heterocycles. The minimum Gasteiger partial charge on any atom is -0.477 e. The first-order valence-electron chi connectivity index (χ1n) is 15.8. The molecule has 3 fully saturated rings. The first-order chi connectivity index (χ1) is 21.0. The van der Waals surface area contributed by atoms with Gasteiger partial charge in [0.1, 0.15) is 0 Å². The van der Waals surface area contributed by atoms with Crippen LogP contribution in [0.5, 0.6) is 11.5 Å². The van der Waals surface area contributed by atoms with Gasteiger partial charge >= 0.3 is 6.16 Å². The summed E-state index contributed by atoms with van der Waals surface area (Å²) in [5, 5.41) is 12.4. The highest BCUT2D eigenvalue weighted by atomic mass is 16.7. The molecule has 4 atom stereocenters. The number of Topliss-reactive ketones (excluding diaryl/α,β-unsaturated/α-hetero) is 1. The molecule has 2 heterocycles. The van der Waals surface area contributed by atoms with Crippen molar-refractivity contribution < 1.29 is 28.9 Å². The smallest absolute Gasteiger partial charge is 0.477 e. The number of rotatable bonds is 8. The van der Waals surface area contributed by atoms with Gasteiger partial charge in [0, 0.05) is 24.6 Å². The summed E-state index contributed by atoms with van der Waals surface area (Å²) in [6, 6.07) is 22.4. The molecule has 8 rings (SSSR count). The van der Waals surface area contributed by atoms with Gasteiger partial charge in [0.2, 0.25) is 0 Å². The summed E-state index contributed by atoms with van der Waals surface area (Å²) >= 11 is 0. The van der Waals surface area contributed by atoms with Crippen molar-refractivity contribution in [3.8, 4) is 22.6 Å². The minimum atomic E-state index is -1.05. The molecule has 0 aromatic heterocycles. The summed E-state index contributed by atoms with van der Waals surface area (Å²) in [6.07, 6.45) is 4.52. The Morgan fingerprint density at radius 3 is 2.58 bits per heavy atom. The highest BCUT2D eigenvalue weighted by Gasteiger charge is 2.73. The molecule has 0 amide bonds. The van der Waals surface area contributed by atoms with Crippen LogP contribution < -0.4 is 9.47 Å². The van der Waals surface area contributed by atoms with Crippen LogP contribution in [0.2, 0.25) is 0 Å². The van der Waals surface area contributed by atoms with E-state index < -0.39 is 23.3 Å². The topological polar surface area (TPSA) is 85.3 Å². The maximum atomic E-state index is 13.3. The monoisotopic (exact) mass is 579 g/mol. The van der Waals surface area contributed by atoms with Crippen LogP contribution in [0.25, 0.3) is 11.1 Å². The molecule has 2 saturated carbocycles. The first kappa shape index (κ1) is 26.9. The number of carbonyl (C=O) groups is 2. The largest absolute Gasteiger partial charge is 0.513 e. The molecule has 4 unspecified atom stereocenters. The standard InChI is InChI=1S/C36H37NO6/c38-28-16-17-36(40)30-21-27-14-15-29(32-31(27)35(36,33(28)43-32)18-19-37(30)22-24-8-9-24)42-34(39)41-20-4-5-23-10-12-26(13-11-23)25-6-2-1-3-7-25/h1-3,6-7,10-15,24,30,33,40H,4-5,8-9,16-22H2. The van der Waals surface area contributed by atoms with Crippen LogP contribution >= 0.6 is 0 Å². The van der Waals surface area contributed by atoms with Crippen LogP contribution in [-0.2, 0) is 27.8 Å². The lowest BCUT2D eigenvalue weighted by Gasteiger charge is -2.62. The molecule has 222 valence electrons. The summed E-state index contributed by atoms with van der Waals surface area (Å²) in [5.41, 5.74) is 3.64. The third kappa shape index (κ3) is 4.31. The number of hydrogen-bond acceptors (Lipinski definition) is 7. The lowest BCUT2D eigenvalue weighted by molar-refractivity contribution is -0.188. The molecule has 7 nitrogen and oxygen atoms in total. The average Bonchev–Trinajstić information content (AvgIpc) is 3.77. The van der Waals surface area contributed by atoms with E-state index >= 15 is 0 Å². The number of aliphatic hydroxyl groups is 1. The van der Waals surface area contributed by atoms with E-state index in [2.05, 4.69) is 41.3 Å². The van der Waals surface area contributed by atoms with Crippen molar-refractivity contribution in [3.63, 3.8) is 0 Å². The van der Waals surface area contributed by atoms with Gasteiger partial charge in [0.15, 0.2) is 23.4 Å². The molecule has 2 aliphatic heterocycles. The molecule has 5 aliphatic rings. The van der Waals surface area contributed by atoms with E-state index in [0.717, 1.165) is 36.6 Å². The predicted molar refractivity (Wildman–Crippen MR) is 160 cm³/mol. The van der Waals surface area contributed by atoms with Gasteiger partial charge in [0.25, 0.3) is 0 Å². The van der Waals surface area contributed by atoms with E-state index in [1.807, 2.05) is 24.3 Å². The van der Waals surface area contributed by atoms with Crippen molar-refractivity contribution in [3.05, 3.63) is 83.4 Å². The maximum absolute atomic E-state index is 13.3. The number of carbonyl (C=O) groups excluding carboxylic acids is 2. The Labute approximate surface area is 251 Å². The zero-order valence-electron chi connectivity index (χ0n) is 24.3. The van der Waals surface area contributed by atoms with Crippen molar-refractivity contribution >= 4 is 11.9 Å². The number of nitrogens with zero attached hydrogens (tertiary/aromatic N) is 1. The summed E-state index contributed by atoms with van der Waals surface area (Å²) in [4.78, 5) is 28.5. The fourth-order valence-corrected chi connectivity index (χ4v) is 8.38. The second-order valence-electron chi connectivity index (χ2n) is 13.1. The SMILES string of the molecule is O=C(OCCCc1ccc(-c2ccccc2)cc1)Oc1ccc2c3c1OC1C(=O)CCC4(O)C(C2)N(CC2CC2)CCC314. The minimum absolute atomic E-state index is 0.0217. The molecule has 2 bridgehead atoms. The molecule has 3 aromatic rings. The van der Waals surface area contributed by atoms with Gasteiger partial charge in [-0.2, -0.15) is 0 Å². The summed E-state index contributed by atoms with van der Waals surface area (Å²) in [6.45, 7) is 2.07. The Morgan fingerprint density at radius 2 is 1.79 bits per heavy atom. The Balaban J connectivity index is 0.954. The number of benzene rings is 3. The van der Waals surface area contributed by atoms with E-state index in [0.29, 0.717) is 37.9 Å². The number of ketones is 1. The van der Waals surface area contributed by atoms with E-state index in [1.165, 1.54) is 29.5 Å². The predicted octanol–water partition coefficient (Wildman–Crippen LogP) is 5.64. The van der Waals surface area contributed by atoms with Crippen LogP contribution in [-0.4, -0.2) is 59.4 Å². The van der Waals surface area contributed by atoms with E-state index in [9.17, 15) is 14.7 Å². The van der Waals surface area contributed by atoms with Gasteiger partial charge in [-0.3, -0.25) is 9.69 Å². The van der Waals surface area contributed by atoms with Crippen molar-refractivity contribution in [2.45, 2.75) is 74.5 Å². The molecule has 43 heavy (non-hydrogen) atoms. The lowest BCUT2D eigenvalue weighted by Crippen LogP contribution is -2.76. The van der Waals surface area contributed by atoms with Crippen LogP contribution in [0, 0.1) is 5.92 Å². The Hall–Kier alpha value is -3.68. The third-order valence-corrected chi connectivity index (χ3v) is 10.6. The van der Waals surface area contributed by atoms with Crippen molar-refractivity contribution in [1.82, 2.24) is 4.90 Å². The Morgan fingerprint density at radius 1 is 1.00 bits per heavy atom. The van der Waals surface area contributed by atoms with Gasteiger partial charge in [-0.05, 0) is 85.7 Å². The zero-order chi connectivity index (χ0) is 29.2. The first-order valence-corrected chi connectivity index (χ1v) is 15.8. The van der Waals surface area contributed by atoms with E-state index in [-0.39, 0.29) is 24.2 Å². The average molecular weight is 580 g/mol. The van der Waals surface area contributed by atoms with Crippen LogP contribution in [0.3, 0.4) is 0 Å². The third-order valence-electron chi connectivity index (χ3n) is 10.6. The molecule has 1 spiro atoms. The number of hydrogen-bond donors (Lipinski definition) is 1. The van der Waals surface area contributed by atoms with Crippen LogP contribution in [0.15, 0.2) is 66.7 Å². The second-order valence-corrected chi connectivity index (χ2v) is 13.1. The normalized spacial score (nSPS) is 28.6. The molecular weight excluding hydrogens is 542 g/mol. The fourth-order valence-electron chi connectivity index (χ4n) is 8.38. The lowest BCUT2D eigenvalue weighted by atomic mass is 9.49. The number of likely N-dealkylation sites (tertiary alicyclic amines) is 1. The fraction of sp³-hybridized carbons (Fsp3) is 0.444. The Kier molecular flexibility index (Phi) is 6.39. The number of aryl methyl sites for hydroxylation is 1. The molecule has 3 aliphatic carbocycles. The summed E-state index contributed by atoms with van der Waals surface area (Å²) < 4.78 is 17.5. The number of ether oxygens (including phenoxy) is 3. The van der Waals surface area contributed by atoms with Crippen LogP contribution in [0.1, 0.15) is 55.2 Å². The Bertz CT molecular complexity index is 1570. The van der Waals surface area contributed by atoms with Gasteiger partial charge in [-0.1, -0.05) is 60.7 Å². The molecule has 1 N–H and O–H groups in total. The van der Waals surface area contributed by atoms with Gasteiger partial charge < -0.3 is 19.3 Å². The van der Waals surface area contributed by atoms with Crippen molar-refractivity contribution in [1.29, 1.82) is 0 Å². The number of piperidine rings is 1. The summed E-state index contributed by atoms with van der Waals surface area (Å²) in [7, 11) is 0. The van der Waals surface area contributed by atoms with Crippen molar-refractivity contribution in [2.75, 3.05) is 19.7 Å². The zero-order valence-corrected chi connectivity index (χ0v) is 24.3. The van der Waals surface area contributed by atoms with Crippen LogP contribution in [0.4, 0.5) is 4.79 Å². The van der Waals surface area contributed by atoms with Gasteiger partial charge in [-0.25, -0.2) is 4.79 Å². The van der Waals surface area contributed by atoms with Gasteiger partial charge in [-0.15, -0.1) is 0 Å². The highest BCUT2D eigenvalue weighted by molar-refractivity contribution is 5.90. The second kappa shape index (κ2) is 10.2. The highest BCUT2D eigenvalue weighted by Crippen LogP contribution is 2.65. The van der Waals surface area contributed by atoms with Gasteiger partial charge in [0.05, 0.1) is 17.6 Å². The molecule has 7 heteroatoms. The quantitative estimate of drug-likeness (QED) is 0.210. The molecular formula is C36H37NO6.